The van der Waals surface area contributed by atoms with E-state index in [1.807, 2.05) is 0 Å². The lowest BCUT2D eigenvalue weighted by Gasteiger charge is -2.39. The minimum atomic E-state index is -5.57. The highest BCUT2D eigenvalue weighted by atomic mass is 79.9. The molecule has 0 aliphatic heterocycles. The third-order valence-corrected chi connectivity index (χ3v) is 9.61. The van der Waals surface area contributed by atoms with Crippen molar-refractivity contribution < 1.29 is 35.2 Å². The Hall–Kier alpha value is -0.260. The summed E-state index contributed by atoms with van der Waals surface area (Å²) in [7, 11) is -8.24. The Kier molecular flexibility index (Phi) is 9.63. The van der Waals surface area contributed by atoms with Gasteiger partial charge >= 0.3 is 21.3 Å². The van der Waals surface area contributed by atoms with Crippen molar-refractivity contribution in [1.29, 1.82) is 0 Å². The van der Waals surface area contributed by atoms with Crippen LogP contribution in [0.1, 0.15) is 51.4 Å². The van der Waals surface area contributed by atoms with Gasteiger partial charge in [0, 0.05) is 11.8 Å². The Labute approximate surface area is 169 Å². The third kappa shape index (κ3) is 6.93. The van der Waals surface area contributed by atoms with E-state index in [2.05, 4.69) is 20.7 Å². The number of unbranched alkanes of at least 4 members (excludes halogenated alkanes) is 3. The zero-order chi connectivity index (χ0) is 20.7. The Bertz CT molecular complexity index is 624. The summed E-state index contributed by atoms with van der Waals surface area (Å²) in [5, 5.41) is -4.73. The molecule has 6 nitrogen and oxygen atoms in total. The van der Waals surface area contributed by atoms with Crippen molar-refractivity contribution in [3.05, 3.63) is 0 Å². The van der Waals surface area contributed by atoms with Gasteiger partial charge in [0.25, 0.3) is 0 Å². The molecular weight excluding hydrogens is 470 g/mol. The van der Waals surface area contributed by atoms with Crippen molar-refractivity contribution in [2.24, 2.45) is 0 Å². The SMILES string of the molecule is CS(C)(OS(=O)(=O)C(F)(F)C(=O)OCCCCCCBr)C1CCCCC1=O. The van der Waals surface area contributed by atoms with Crippen LogP contribution in [0.5, 0.6) is 0 Å². The molecule has 0 saturated heterocycles. The smallest absolute Gasteiger partial charge is 0.460 e. The van der Waals surface area contributed by atoms with Crippen molar-refractivity contribution in [1.82, 2.24) is 0 Å². The van der Waals surface area contributed by atoms with Gasteiger partial charge in [-0.05, 0) is 38.2 Å². The fourth-order valence-corrected chi connectivity index (χ4v) is 7.49. The van der Waals surface area contributed by atoms with Gasteiger partial charge in [-0.15, -0.1) is 10.3 Å². The van der Waals surface area contributed by atoms with E-state index in [0.29, 0.717) is 32.1 Å². The lowest BCUT2D eigenvalue weighted by molar-refractivity contribution is -0.161. The molecule has 1 rings (SSSR count). The number of ketones is 1. The molecule has 0 spiro atoms. The van der Waals surface area contributed by atoms with Crippen LogP contribution in [0.3, 0.4) is 0 Å². The molecule has 0 N–H and O–H groups in total. The zero-order valence-corrected chi connectivity index (χ0v) is 18.8. The van der Waals surface area contributed by atoms with Gasteiger partial charge in [-0.25, -0.2) is 8.42 Å². The van der Waals surface area contributed by atoms with E-state index in [0.717, 1.165) is 18.2 Å². The first-order valence-corrected chi connectivity index (χ1v) is 13.7. The van der Waals surface area contributed by atoms with Gasteiger partial charge in [-0.1, -0.05) is 35.2 Å². The molecule has 0 aromatic heterocycles. The highest BCUT2D eigenvalue weighted by Gasteiger charge is 2.58. The normalized spacial score (nSPS) is 19.7. The van der Waals surface area contributed by atoms with Crippen LogP contribution in [0.15, 0.2) is 0 Å². The zero-order valence-electron chi connectivity index (χ0n) is 15.5. The van der Waals surface area contributed by atoms with Crippen molar-refractivity contribution >= 4 is 48.1 Å². The summed E-state index contributed by atoms with van der Waals surface area (Å²) in [5.41, 5.74) is 0. The molecule has 0 amide bonds. The van der Waals surface area contributed by atoms with Gasteiger partial charge in [0.2, 0.25) is 0 Å². The molecule has 0 radical (unpaired) electrons. The number of carbonyl (C=O) groups excluding carboxylic acids is 2. The predicted molar refractivity (Wildman–Crippen MR) is 105 cm³/mol. The molecule has 1 aliphatic carbocycles. The molecule has 27 heavy (non-hydrogen) atoms. The summed E-state index contributed by atoms with van der Waals surface area (Å²) in [6, 6.07) is 0. The highest BCUT2D eigenvalue weighted by Crippen LogP contribution is 2.53. The van der Waals surface area contributed by atoms with Crippen molar-refractivity contribution in [3.63, 3.8) is 0 Å². The van der Waals surface area contributed by atoms with Crippen LogP contribution < -0.4 is 0 Å². The first-order valence-electron chi connectivity index (χ1n) is 8.77. The van der Waals surface area contributed by atoms with Crippen LogP contribution in [0.2, 0.25) is 0 Å². The third-order valence-electron chi connectivity index (χ3n) is 4.26. The monoisotopic (exact) mass is 496 g/mol. The first-order chi connectivity index (χ1) is 12.5. The highest BCUT2D eigenvalue weighted by molar-refractivity contribution is 9.09. The maximum Gasteiger partial charge on any atom is 0.466 e. The van der Waals surface area contributed by atoms with Gasteiger partial charge in [0.1, 0.15) is 5.78 Å². The Morgan fingerprint density at radius 3 is 2.41 bits per heavy atom. The summed E-state index contributed by atoms with van der Waals surface area (Å²) in [5.74, 6) is -2.33. The van der Waals surface area contributed by atoms with Crippen LogP contribution in [0, 0.1) is 0 Å². The number of esters is 1. The molecule has 1 unspecified atom stereocenters. The molecule has 1 aliphatic rings. The van der Waals surface area contributed by atoms with Gasteiger partial charge in [0.05, 0.1) is 11.9 Å². The van der Waals surface area contributed by atoms with Crippen LogP contribution in [0.25, 0.3) is 0 Å². The van der Waals surface area contributed by atoms with Crippen LogP contribution in [-0.2, 0) is 28.1 Å². The topological polar surface area (TPSA) is 86.7 Å². The van der Waals surface area contributed by atoms with E-state index < -0.39 is 36.9 Å². The molecule has 11 heteroatoms. The van der Waals surface area contributed by atoms with Gasteiger partial charge < -0.3 is 4.74 Å². The summed E-state index contributed by atoms with van der Waals surface area (Å²) >= 11 is 3.26. The molecule has 1 atom stereocenters. The minimum absolute atomic E-state index is 0.189. The summed E-state index contributed by atoms with van der Waals surface area (Å²) in [6.45, 7) is -0.288. The number of alkyl halides is 3. The van der Waals surface area contributed by atoms with Crippen molar-refractivity contribution in [3.8, 4) is 0 Å². The molecule has 0 heterocycles. The van der Waals surface area contributed by atoms with Crippen molar-refractivity contribution in [2.75, 3.05) is 24.4 Å². The number of hydrogen-bond acceptors (Lipinski definition) is 6. The first kappa shape index (κ1) is 24.8. The largest absolute Gasteiger partial charge is 0.466 e. The molecule has 0 aromatic carbocycles. The minimum Gasteiger partial charge on any atom is -0.460 e. The predicted octanol–water partition coefficient (Wildman–Crippen LogP) is 3.92. The number of hydrogen-bond donors (Lipinski definition) is 0. The Morgan fingerprint density at radius 2 is 1.81 bits per heavy atom. The summed E-state index contributed by atoms with van der Waals surface area (Å²) < 4.78 is 61.6. The second kappa shape index (κ2) is 10.5. The number of halogens is 3. The maximum absolute atomic E-state index is 14.2. The standard InChI is InChI=1S/C16H27BrF2O6S2/c1-26(2,14-10-6-5-9-13(14)20)25-27(22,23)16(18,19)15(21)24-12-8-4-3-7-11-17/h14H,3-12H2,1-2H3. The van der Waals surface area contributed by atoms with Gasteiger partial charge in [-0.3, -0.25) is 4.79 Å². The van der Waals surface area contributed by atoms with E-state index in [1.165, 1.54) is 12.5 Å². The summed E-state index contributed by atoms with van der Waals surface area (Å²) in [6.07, 6.45) is 7.54. The van der Waals surface area contributed by atoms with E-state index in [1.54, 1.807) is 0 Å². The molecule has 0 aromatic rings. The van der Waals surface area contributed by atoms with Crippen molar-refractivity contribution in [2.45, 2.75) is 61.9 Å². The Balaban J connectivity index is 2.70. The quantitative estimate of drug-likeness (QED) is 0.244. The average molecular weight is 497 g/mol. The molecular formula is C16H27BrF2O6S2. The van der Waals surface area contributed by atoms with E-state index in [-0.39, 0.29) is 18.8 Å². The second-order valence-electron chi connectivity index (χ2n) is 6.79. The van der Waals surface area contributed by atoms with Crippen LogP contribution in [0.4, 0.5) is 8.78 Å². The number of ether oxygens (including phenoxy) is 1. The molecule has 160 valence electrons. The maximum atomic E-state index is 14.2. The number of rotatable bonds is 11. The molecule has 1 fully saturated rings. The molecule has 0 bridgehead atoms. The molecule has 1 saturated carbocycles. The lowest BCUT2D eigenvalue weighted by Crippen LogP contribution is -2.42. The van der Waals surface area contributed by atoms with E-state index >= 15 is 0 Å². The average Bonchev–Trinajstić information content (AvgIpc) is 2.56. The van der Waals surface area contributed by atoms with Gasteiger partial charge in [0.15, 0.2) is 0 Å². The van der Waals surface area contributed by atoms with E-state index in [4.69, 9.17) is 3.63 Å². The fraction of sp³-hybridized carbons (Fsp3) is 0.875. The number of carbonyl (C=O) groups is 2. The second-order valence-corrected chi connectivity index (χ2v) is 12.7. The Morgan fingerprint density at radius 1 is 1.19 bits per heavy atom. The van der Waals surface area contributed by atoms with Crippen LogP contribution in [-0.4, -0.2) is 55.1 Å². The van der Waals surface area contributed by atoms with Crippen LogP contribution >= 0.6 is 26.2 Å². The van der Waals surface area contributed by atoms with E-state index in [9.17, 15) is 26.8 Å². The fourth-order valence-electron chi connectivity index (χ4n) is 2.77. The number of Topliss-reactive ketones (excluding diaryl/α,β-unsaturated/α-hetero) is 1. The van der Waals surface area contributed by atoms with Gasteiger partial charge in [-0.2, -0.15) is 17.2 Å². The summed E-state index contributed by atoms with van der Waals surface area (Å²) in [4.78, 5) is 23.7. The lowest BCUT2D eigenvalue weighted by atomic mass is 9.99.